The van der Waals surface area contributed by atoms with E-state index in [0.29, 0.717) is 16.9 Å². The minimum atomic E-state index is 0.249. The van der Waals surface area contributed by atoms with Gasteiger partial charge in [-0.2, -0.15) is 0 Å². The first-order chi connectivity index (χ1) is 7.00. The van der Waals surface area contributed by atoms with Gasteiger partial charge in [0.05, 0.1) is 28.4 Å². The van der Waals surface area contributed by atoms with E-state index < -0.39 is 0 Å². The van der Waals surface area contributed by atoms with Gasteiger partial charge in [0.15, 0.2) is 0 Å². The third kappa shape index (κ3) is 1.76. The summed E-state index contributed by atoms with van der Waals surface area (Å²) < 4.78 is 0. The lowest BCUT2D eigenvalue weighted by Gasteiger charge is -2.14. The van der Waals surface area contributed by atoms with E-state index in [1.807, 2.05) is 13.0 Å². The molecule has 1 aromatic rings. The van der Waals surface area contributed by atoms with Crippen LogP contribution in [-0.2, 0) is 0 Å². The molecule has 15 heavy (non-hydrogen) atoms. The van der Waals surface area contributed by atoms with E-state index in [1.54, 1.807) is 6.08 Å². The van der Waals surface area contributed by atoms with Crippen molar-refractivity contribution in [1.29, 1.82) is 0 Å². The molecule has 0 atom stereocenters. The third-order valence-corrected chi connectivity index (χ3v) is 2.26. The third-order valence-electron chi connectivity index (χ3n) is 2.26. The van der Waals surface area contributed by atoms with Crippen molar-refractivity contribution in [2.75, 3.05) is 28.7 Å². The molecular weight excluding hydrogens is 190 g/mol. The molecular formula is C10H17N5. The van der Waals surface area contributed by atoms with Crippen LogP contribution in [0, 0.1) is 0 Å². The summed E-state index contributed by atoms with van der Waals surface area (Å²) >= 11 is 0. The highest BCUT2D eigenvalue weighted by atomic mass is 14.8. The maximum absolute atomic E-state index is 5.80. The van der Waals surface area contributed by atoms with Gasteiger partial charge in [0.25, 0.3) is 0 Å². The Morgan fingerprint density at radius 1 is 0.800 bits per heavy atom. The number of nitrogen functional groups attached to an aromatic ring is 5. The molecule has 82 valence electrons. The van der Waals surface area contributed by atoms with E-state index in [4.69, 9.17) is 28.7 Å². The maximum atomic E-state index is 5.80. The lowest BCUT2D eigenvalue weighted by Crippen LogP contribution is -2.09. The van der Waals surface area contributed by atoms with Gasteiger partial charge in [-0.05, 0) is 6.42 Å². The summed E-state index contributed by atoms with van der Waals surface area (Å²) in [5.41, 5.74) is 30.9. The molecule has 0 unspecified atom stereocenters. The van der Waals surface area contributed by atoms with Gasteiger partial charge in [-0.25, -0.2) is 0 Å². The molecule has 10 N–H and O–H groups in total. The second-order valence-corrected chi connectivity index (χ2v) is 3.29. The molecule has 0 amide bonds. The van der Waals surface area contributed by atoms with Crippen LogP contribution in [0.25, 0.3) is 6.08 Å². The van der Waals surface area contributed by atoms with Gasteiger partial charge >= 0.3 is 0 Å². The van der Waals surface area contributed by atoms with Crippen LogP contribution in [0.15, 0.2) is 6.08 Å². The minimum absolute atomic E-state index is 0.249. The van der Waals surface area contributed by atoms with Gasteiger partial charge < -0.3 is 28.7 Å². The molecule has 0 saturated heterocycles. The van der Waals surface area contributed by atoms with Gasteiger partial charge in [0.1, 0.15) is 0 Å². The molecule has 0 spiro atoms. The lowest BCUT2D eigenvalue weighted by atomic mass is 10.0. The average Bonchev–Trinajstić information content (AvgIpc) is 2.24. The number of hydrogen-bond donors (Lipinski definition) is 5. The number of hydrogen-bond acceptors (Lipinski definition) is 5. The number of benzene rings is 1. The number of nitrogens with two attached hydrogens (primary N) is 5. The molecule has 5 nitrogen and oxygen atoms in total. The van der Waals surface area contributed by atoms with Crippen LogP contribution in [0.2, 0.25) is 0 Å². The van der Waals surface area contributed by atoms with Crippen molar-refractivity contribution in [2.24, 2.45) is 0 Å². The summed E-state index contributed by atoms with van der Waals surface area (Å²) in [6.45, 7) is 2.01. The van der Waals surface area contributed by atoms with Crippen molar-refractivity contribution < 1.29 is 0 Å². The van der Waals surface area contributed by atoms with E-state index in [-0.39, 0.29) is 17.1 Å². The first-order valence-corrected chi connectivity index (χ1v) is 4.68. The monoisotopic (exact) mass is 207 g/mol. The van der Waals surface area contributed by atoms with Gasteiger partial charge in [-0.15, -0.1) is 0 Å². The highest BCUT2D eigenvalue weighted by molar-refractivity contribution is 6.00. The summed E-state index contributed by atoms with van der Waals surface area (Å²) in [4.78, 5) is 0. The summed E-state index contributed by atoms with van der Waals surface area (Å²) in [6, 6.07) is 0. The SMILES string of the molecule is CC/C=C/c1c(N)c(N)c(N)c(N)c1N. The zero-order chi connectivity index (χ0) is 11.6. The van der Waals surface area contributed by atoms with Crippen molar-refractivity contribution in [3.05, 3.63) is 11.6 Å². The van der Waals surface area contributed by atoms with Crippen LogP contribution in [0.5, 0.6) is 0 Å². The Hall–Kier alpha value is -2.04. The van der Waals surface area contributed by atoms with Gasteiger partial charge in [0, 0.05) is 5.56 Å². The zero-order valence-electron chi connectivity index (χ0n) is 8.75. The summed E-state index contributed by atoms with van der Waals surface area (Å²) in [5.74, 6) is 0. The quantitative estimate of drug-likeness (QED) is 0.462. The van der Waals surface area contributed by atoms with Gasteiger partial charge in [0.2, 0.25) is 0 Å². The van der Waals surface area contributed by atoms with E-state index in [2.05, 4.69) is 0 Å². The largest absolute Gasteiger partial charge is 0.396 e. The first-order valence-electron chi connectivity index (χ1n) is 4.68. The van der Waals surface area contributed by atoms with Crippen LogP contribution in [-0.4, -0.2) is 0 Å². The molecule has 0 aliphatic heterocycles. The number of allylic oxidation sites excluding steroid dienone is 1. The molecule has 1 aromatic carbocycles. The number of rotatable bonds is 2. The van der Waals surface area contributed by atoms with Crippen molar-refractivity contribution >= 4 is 34.5 Å². The topological polar surface area (TPSA) is 130 Å². The molecule has 0 fully saturated rings. The van der Waals surface area contributed by atoms with Crippen molar-refractivity contribution in [2.45, 2.75) is 13.3 Å². The fourth-order valence-corrected chi connectivity index (χ4v) is 1.29. The molecule has 0 aliphatic carbocycles. The van der Waals surface area contributed by atoms with Gasteiger partial charge in [-0.3, -0.25) is 0 Å². The highest BCUT2D eigenvalue weighted by Gasteiger charge is 2.13. The van der Waals surface area contributed by atoms with Crippen molar-refractivity contribution in [3.63, 3.8) is 0 Å². The predicted molar refractivity (Wildman–Crippen MR) is 67.8 cm³/mol. The summed E-state index contributed by atoms with van der Waals surface area (Å²) in [7, 11) is 0. The fourth-order valence-electron chi connectivity index (χ4n) is 1.29. The second kappa shape index (κ2) is 4.00. The zero-order valence-corrected chi connectivity index (χ0v) is 8.75. The van der Waals surface area contributed by atoms with Crippen LogP contribution in [0.1, 0.15) is 18.9 Å². The van der Waals surface area contributed by atoms with E-state index in [1.165, 1.54) is 0 Å². The molecule has 0 saturated carbocycles. The Bertz CT molecular complexity index is 380. The van der Waals surface area contributed by atoms with Crippen LogP contribution < -0.4 is 28.7 Å². The van der Waals surface area contributed by atoms with Crippen molar-refractivity contribution in [1.82, 2.24) is 0 Å². The van der Waals surface area contributed by atoms with E-state index in [0.717, 1.165) is 6.42 Å². The summed E-state index contributed by atoms with van der Waals surface area (Å²) in [6.07, 6.45) is 4.61. The number of anilines is 5. The Morgan fingerprint density at radius 2 is 1.20 bits per heavy atom. The Labute approximate surface area is 88.9 Å². The molecule has 0 radical (unpaired) electrons. The molecule has 5 heteroatoms. The Morgan fingerprint density at radius 3 is 1.60 bits per heavy atom. The Balaban J connectivity index is 3.45. The summed E-state index contributed by atoms with van der Waals surface area (Å²) in [5, 5.41) is 0. The first kappa shape index (κ1) is 11.0. The highest BCUT2D eigenvalue weighted by Crippen LogP contribution is 2.38. The predicted octanol–water partition coefficient (Wildman–Crippen LogP) is 1.02. The van der Waals surface area contributed by atoms with E-state index in [9.17, 15) is 0 Å². The van der Waals surface area contributed by atoms with Crippen LogP contribution in [0.4, 0.5) is 28.4 Å². The normalized spacial score (nSPS) is 11.0. The average molecular weight is 207 g/mol. The minimum Gasteiger partial charge on any atom is -0.396 e. The fraction of sp³-hybridized carbons (Fsp3) is 0.200. The lowest BCUT2D eigenvalue weighted by molar-refractivity contribution is 1.23. The molecule has 0 heterocycles. The van der Waals surface area contributed by atoms with Crippen LogP contribution in [0.3, 0.4) is 0 Å². The second-order valence-electron chi connectivity index (χ2n) is 3.29. The molecule has 0 bridgehead atoms. The Kier molecular flexibility index (Phi) is 2.94. The maximum Gasteiger partial charge on any atom is 0.0824 e. The van der Waals surface area contributed by atoms with Crippen LogP contribution >= 0.6 is 0 Å². The molecule has 1 rings (SSSR count). The molecule has 0 aromatic heterocycles. The molecule has 0 aliphatic rings. The smallest absolute Gasteiger partial charge is 0.0824 e. The van der Waals surface area contributed by atoms with Gasteiger partial charge in [-0.1, -0.05) is 19.1 Å². The van der Waals surface area contributed by atoms with Crippen molar-refractivity contribution in [3.8, 4) is 0 Å². The van der Waals surface area contributed by atoms with E-state index >= 15 is 0 Å². The standard InChI is InChI=1S/C10H17N5/c1-2-3-4-5-6(11)8(13)10(15)9(14)7(5)12/h3-4H,2,11-15H2,1H3/b4-3+.